The van der Waals surface area contributed by atoms with Crippen molar-refractivity contribution in [3.05, 3.63) is 40.9 Å². The zero-order valence-electron chi connectivity index (χ0n) is 13.5. The summed E-state index contributed by atoms with van der Waals surface area (Å²) in [5.41, 5.74) is 3.45. The van der Waals surface area contributed by atoms with Crippen molar-refractivity contribution in [1.29, 1.82) is 0 Å². The maximum Gasteiger partial charge on any atom is 0.223 e. The van der Waals surface area contributed by atoms with Crippen molar-refractivity contribution in [2.75, 3.05) is 22.9 Å². The summed E-state index contributed by atoms with van der Waals surface area (Å²) in [5.74, 6) is 0.993. The van der Waals surface area contributed by atoms with E-state index in [2.05, 4.69) is 44.9 Å². The van der Waals surface area contributed by atoms with Gasteiger partial charge < -0.3 is 10.6 Å². The fourth-order valence-corrected chi connectivity index (χ4v) is 3.93. The third-order valence-electron chi connectivity index (χ3n) is 3.52. The second kappa shape index (κ2) is 8.30. The first-order valence-corrected chi connectivity index (χ1v) is 9.81. The summed E-state index contributed by atoms with van der Waals surface area (Å²) in [5, 5.41) is 9.77. The van der Waals surface area contributed by atoms with Gasteiger partial charge in [-0.15, -0.1) is 11.3 Å². The van der Waals surface area contributed by atoms with Crippen LogP contribution in [0, 0.1) is 0 Å². The molecule has 126 valence electrons. The van der Waals surface area contributed by atoms with Crippen molar-refractivity contribution in [1.82, 2.24) is 4.98 Å². The molecule has 2 N–H and O–H groups in total. The van der Waals surface area contributed by atoms with E-state index in [0.29, 0.717) is 5.13 Å². The molecule has 1 aromatic carbocycles. The van der Waals surface area contributed by atoms with Crippen LogP contribution >= 0.6 is 23.1 Å². The highest BCUT2D eigenvalue weighted by Gasteiger charge is 2.07. The third kappa shape index (κ3) is 5.07. The quantitative estimate of drug-likeness (QED) is 0.822. The van der Waals surface area contributed by atoms with Crippen LogP contribution in [-0.4, -0.2) is 28.4 Å². The van der Waals surface area contributed by atoms with Gasteiger partial charge in [0.25, 0.3) is 0 Å². The van der Waals surface area contributed by atoms with Crippen LogP contribution in [-0.2, 0) is 17.6 Å². The van der Waals surface area contributed by atoms with E-state index in [1.54, 1.807) is 11.8 Å². The monoisotopic (exact) mass is 360 g/mol. The van der Waals surface area contributed by atoms with Crippen molar-refractivity contribution >= 4 is 45.0 Å². The highest BCUT2D eigenvalue weighted by atomic mass is 32.2. The van der Waals surface area contributed by atoms with E-state index >= 15 is 0 Å². The Kier molecular flexibility index (Phi) is 5.87. The van der Waals surface area contributed by atoms with Crippen molar-refractivity contribution in [2.24, 2.45) is 4.99 Å². The predicted octanol–water partition coefficient (Wildman–Crippen LogP) is 3.79. The maximum atomic E-state index is 11.0. The van der Waals surface area contributed by atoms with E-state index in [1.165, 1.54) is 23.8 Å². The number of aliphatic imine (C=N–C) groups is 1. The van der Waals surface area contributed by atoms with Gasteiger partial charge in [0.05, 0.1) is 12.2 Å². The van der Waals surface area contributed by atoms with E-state index < -0.39 is 0 Å². The number of amidine groups is 1. The molecule has 0 radical (unpaired) electrons. The van der Waals surface area contributed by atoms with Gasteiger partial charge in [-0.25, -0.2) is 4.98 Å². The van der Waals surface area contributed by atoms with E-state index in [1.807, 2.05) is 5.38 Å². The Bertz CT molecular complexity index is 724. The molecule has 0 spiro atoms. The summed E-state index contributed by atoms with van der Waals surface area (Å²) in [6, 6.07) is 8.53. The lowest BCUT2D eigenvalue weighted by Crippen LogP contribution is -2.05. The summed E-state index contributed by atoms with van der Waals surface area (Å²) in [6.45, 7) is 2.41. The molecule has 1 aliphatic heterocycles. The summed E-state index contributed by atoms with van der Waals surface area (Å²) in [7, 11) is 0. The van der Waals surface area contributed by atoms with Gasteiger partial charge in [-0.1, -0.05) is 23.9 Å². The third-order valence-corrected chi connectivity index (χ3v) is 5.22. The van der Waals surface area contributed by atoms with E-state index in [9.17, 15) is 4.79 Å². The average Bonchev–Trinajstić information content (AvgIpc) is 3.21. The molecular weight excluding hydrogens is 340 g/mol. The van der Waals surface area contributed by atoms with Gasteiger partial charge in [-0.2, -0.15) is 0 Å². The second-order valence-corrected chi connectivity index (χ2v) is 7.48. The molecule has 5 nitrogen and oxygen atoms in total. The number of benzene rings is 1. The molecule has 2 heterocycles. The number of rotatable bonds is 6. The zero-order valence-corrected chi connectivity index (χ0v) is 15.2. The molecule has 7 heteroatoms. The van der Waals surface area contributed by atoms with Crippen LogP contribution in [0.25, 0.3) is 0 Å². The first-order chi connectivity index (χ1) is 11.7. The number of hydrogen-bond acceptors (Lipinski definition) is 6. The SMILES string of the molecule is CC(=O)Nc1nc(CCCc2ccc(NC3=NCCS3)cc2)cs1. The Balaban J connectivity index is 1.44. The number of thiazole rings is 1. The number of aromatic nitrogens is 1. The van der Waals surface area contributed by atoms with E-state index in [-0.39, 0.29) is 5.91 Å². The van der Waals surface area contributed by atoms with Crippen molar-refractivity contribution in [3.8, 4) is 0 Å². The largest absolute Gasteiger partial charge is 0.335 e. The lowest BCUT2D eigenvalue weighted by molar-refractivity contribution is -0.114. The minimum atomic E-state index is -0.0773. The van der Waals surface area contributed by atoms with Crippen molar-refractivity contribution in [2.45, 2.75) is 26.2 Å². The minimum Gasteiger partial charge on any atom is -0.335 e. The lowest BCUT2D eigenvalue weighted by atomic mass is 10.1. The van der Waals surface area contributed by atoms with Crippen LogP contribution in [0.5, 0.6) is 0 Å². The standard InChI is InChI=1S/C17H20N4OS2/c1-12(22)19-17-21-15(11-24-17)4-2-3-13-5-7-14(8-6-13)20-16-18-9-10-23-16/h5-8,11H,2-4,9-10H2,1H3,(H,18,20)(H,19,21,22). The number of carbonyl (C=O) groups excluding carboxylic acids is 1. The van der Waals surface area contributed by atoms with Gasteiger partial charge in [0, 0.05) is 23.7 Å². The van der Waals surface area contributed by atoms with Gasteiger partial charge in [0.1, 0.15) is 0 Å². The summed E-state index contributed by atoms with van der Waals surface area (Å²) >= 11 is 3.24. The normalized spacial score (nSPS) is 13.6. The first-order valence-electron chi connectivity index (χ1n) is 7.94. The Hall–Kier alpha value is -1.86. The molecule has 0 saturated heterocycles. The van der Waals surface area contributed by atoms with Crippen LogP contribution in [0.15, 0.2) is 34.6 Å². The Morgan fingerprint density at radius 1 is 1.25 bits per heavy atom. The number of carbonyl (C=O) groups is 1. The number of aryl methyl sites for hydroxylation is 2. The van der Waals surface area contributed by atoms with Crippen LogP contribution < -0.4 is 10.6 Å². The molecule has 0 fully saturated rings. The topological polar surface area (TPSA) is 66.4 Å². The predicted molar refractivity (Wildman–Crippen MR) is 103 cm³/mol. The summed E-state index contributed by atoms with van der Waals surface area (Å²) < 4.78 is 0. The number of hydrogen-bond donors (Lipinski definition) is 2. The number of thioether (sulfide) groups is 1. The van der Waals surface area contributed by atoms with E-state index in [4.69, 9.17) is 0 Å². The number of anilines is 2. The van der Waals surface area contributed by atoms with Crippen LogP contribution in [0.1, 0.15) is 24.6 Å². The number of amides is 1. The Morgan fingerprint density at radius 2 is 2.08 bits per heavy atom. The van der Waals surface area contributed by atoms with Gasteiger partial charge in [-0.3, -0.25) is 9.79 Å². The van der Waals surface area contributed by atoms with Gasteiger partial charge in [-0.05, 0) is 37.0 Å². The number of nitrogens with one attached hydrogen (secondary N) is 2. The molecule has 0 saturated carbocycles. The molecular formula is C17H20N4OS2. The van der Waals surface area contributed by atoms with Crippen LogP contribution in [0.3, 0.4) is 0 Å². The molecule has 2 aromatic rings. The Morgan fingerprint density at radius 3 is 2.79 bits per heavy atom. The molecule has 1 aromatic heterocycles. The molecule has 0 atom stereocenters. The van der Waals surface area contributed by atoms with Gasteiger partial charge >= 0.3 is 0 Å². The van der Waals surface area contributed by atoms with Gasteiger partial charge in [0.2, 0.25) is 5.91 Å². The summed E-state index contributed by atoms with van der Waals surface area (Å²) in [4.78, 5) is 19.8. The molecule has 0 aliphatic carbocycles. The molecule has 0 unspecified atom stereocenters. The van der Waals surface area contributed by atoms with Crippen LogP contribution in [0.4, 0.5) is 10.8 Å². The second-order valence-electron chi connectivity index (χ2n) is 5.54. The first kappa shape index (κ1) is 17.0. The Labute approximate surface area is 150 Å². The summed E-state index contributed by atoms with van der Waals surface area (Å²) in [6.07, 6.45) is 2.98. The molecule has 0 bridgehead atoms. The van der Waals surface area contributed by atoms with Crippen LogP contribution in [0.2, 0.25) is 0 Å². The molecule has 1 aliphatic rings. The fourth-order valence-electron chi connectivity index (χ4n) is 2.39. The van der Waals surface area contributed by atoms with Gasteiger partial charge in [0.15, 0.2) is 10.3 Å². The zero-order chi connectivity index (χ0) is 16.8. The van der Waals surface area contributed by atoms with E-state index in [0.717, 1.165) is 48.1 Å². The smallest absolute Gasteiger partial charge is 0.223 e. The lowest BCUT2D eigenvalue weighted by Gasteiger charge is -2.06. The molecule has 3 rings (SSSR count). The average molecular weight is 361 g/mol. The minimum absolute atomic E-state index is 0.0773. The highest BCUT2D eigenvalue weighted by Crippen LogP contribution is 2.19. The van der Waals surface area contributed by atoms with Crippen molar-refractivity contribution in [3.63, 3.8) is 0 Å². The molecule has 1 amide bonds. The fraction of sp³-hybridized carbons (Fsp3) is 0.353. The maximum absolute atomic E-state index is 11.0. The number of nitrogens with zero attached hydrogens (tertiary/aromatic N) is 2. The highest BCUT2D eigenvalue weighted by molar-refractivity contribution is 8.14. The van der Waals surface area contributed by atoms with Crippen molar-refractivity contribution < 1.29 is 4.79 Å². The molecule has 24 heavy (non-hydrogen) atoms.